The van der Waals surface area contributed by atoms with Crippen LogP contribution in [0.15, 0.2) is 42.6 Å². The smallest absolute Gasteiger partial charge is 0.253 e. The Bertz CT molecular complexity index is 572. The van der Waals surface area contributed by atoms with Gasteiger partial charge in [-0.3, -0.25) is 9.78 Å². The van der Waals surface area contributed by atoms with E-state index in [1.165, 1.54) is 18.2 Å². The second-order valence-corrected chi connectivity index (χ2v) is 3.94. The lowest BCUT2D eigenvalue weighted by Crippen LogP contribution is -2.24. The molecule has 0 saturated carbocycles. The minimum absolute atomic E-state index is 0.276. The Kier molecular flexibility index (Phi) is 4.07. The lowest BCUT2D eigenvalue weighted by atomic mass is 10.1. The van der Waals surface area contributed by atoms with Gasteiger partial charge in [0, 0.05) is 18.9 Å². The number of nitrogens with zero attached hydrogens (tertiary/aromatic N) is 1. The Morgan fingerprint density at radius 3 is 2.84 bits per heavy atom. The molecule has 2 rings (SSSR count). The van der Waals surface area contributed by atoms with E-state index in [2.05, 4.69) is 15.6 Å². The van der Waals surface area contributed by atoms with E-state index in [-0.39, 0.29) is 11.5 Å². The van der Waals surface area contributed by atoms with Crippen LogP contribution in [0.2, 0.25) is 0 Å². The van der Waals surface area contributed by atoms with Gasteiger partial charge in [0.05, 0.1) is 17.8 Å². The van der Waals surface area contributed by atoms with Crippen molar-refractivity contribution >= 4 is 11.6 Å². The number of anilines is 1. The monoisotopic (exact) mass is 259 g/mol. The molecule has 0 aliphatic carbocycles. The third kappa shape index (κ3) is 3.28. The van der Waals surface area contributed by atoms with Crippen LogP contribution < -0.4 is 10.6 Å². The molecule has 0 saturated heterocycles. The highest BCUT2D eigenvalue weighted by atomic mass is 19.1. The minimum atomic E-state index is -0.443. The van der Waals surface area contributed by atoms with Crippen molar-refractivity contribution < 1.29 is 9.18 Å². The number of carbonyl (C=O) groups is 1. The van der Waals surface area contributed by atoms with Crippen LogP contribution in [0, 0.1) is 5.82 Å². The SMILES string of the molecule is CNc1ccc(F)cc1C(=O)NCc1ccccn1. The van der Waals surface area contributed by atoms with Gasteiger partial charge in [-0.25, -0.2) is 4.39 Å². The number of pyridine rings is 1. The van der Waals surface area contributed by atoms with Gasteiger partial charge in [-0.15, -0.1) is 0 Å². The largest absolute Gasteiger partial charge is 0.387 e. The van der Waals surface area contributed by atoms with Gasteiger partial charge in [-0.2, -0.15) is 0 Å². The summed E-state index contributed by atoms with van der Waals surface area (Å²) in [6, 6.07) is 9.50. The van der Waals surface area contributed by atoms with Crippen molar-refractivity contribution in [3.05, 3.63) is 59.7 Å². The average Bonchev–Trinajstić information content (AvgIpc) is 2.46. The van der Waals surface area contributed by atoms with E-state index in [1.807, 2.05) is 12.1 Å². The third-order valence-electron chi connectivity index (χ3n) is 2.65. The molecule has 0 spiro atoms. The summed E-state index contributed by atoms with van der Waals surface area (Å²) in [6.45, 7) is 0.305. The van der Waals surface area contributed by atoms with Crippen LogP contribution in [0.1, 0.15) is 16.1 Å². The Morgan fingerprint density at radius 2 is 2.16 bits per heavy atom. The minimum Gasteiger partial charge on any atom is -0.387 e. The van der Waals surface area contributed by atoms with E-state index >= 15 is 0 Å². The molecular weight excluding hydrogens is 245 g/mol. The second kappa shape index (κ2) is 5.95. The average molecular weight is 259 g/mol. The quantitative estimate of drug-likeness (QED) is 0.885. The first-order valence-electron chi connectivity index (χ1n) is 5.86. The molecule has 0 radical (unpaired) electrons. The van der Waals surface area contributed by atoms with Gasteiger partial charge in [0.15, 0.2) is 0 Å². The lowest BCUT2D eigenvalue weighted by Gasteiger charge is -2.09. The zero-order valence-electron chi connectivity index (χ0n) is 10.5. The number of hydrogen-bond acceptors (Lipinski definition) is 3. The summed E-state index contributed by atoms with van der Waals surface area (Å²) in [5.74, 6) is -0.781. The van der Waals surface area contributed by atoms with Crippen molar-refractivity contribution in [3.8, 4) is 0 Å². The number of amides is 1. The Morgan fingerprint density at radius 1 is 1.32 bits per heavy atom. The maximum atomic E-state index is 13.2. The zero-order valence-corrected chi connectivity index (χ0v) is 10.5. The highest BCUT2D eigenvalue weighted by Gasteiger charge is 2.11. The third-order valence-corrected chi connectivity index (χ3v) is 2.65. The van der Waals surface area contributed by atoms with Crippen molar-refractivity contribution in [2.75, 3.05) is 12.4 Å². The number of rotatable bonds is 4. The molecule has 0 bridgehead atoms. The number of aromatic nitrogens is 1. The predicted molar refractivity (Wildman–Crippen MR) is 71.4 cm³/mol. The molecule has 1 heterocycles. The molecule has 1 amide bonds. The fourth-order valence-corrected chi connectivity index (χ4v) is 1.69. The summed E-state index contributed by atoms with van der Waals surface area (Å²) in [4.78, 5) is 16.1. The van der Waals surface area contributed by atoms with E-state index in [0.717, 1.165) is 5.69 Å². The molecule has 0 fully saturated rings. The van der Waals surface area contributed by atoms with Crippen LogP contribution in [0.5, 0.6) is 0 Å². The molecule has 0 unspecified atom stereocenters. The lowest BCUT2D eigenvalue weighted by molar-refractivity contribution is 0.0951. The second-order valence-electron chi connectivity index (χ2n) is 3.94. The van der Waals surface area contributed by atoms with E-state index in [1.54, 1.807) is 19.3 Å². The molecule has 5 heteroatoms. The first kappa shape index (κ1) is 13.0. The molecular formula is C14H14FN3O. The number of halogens is 1. The van der Waals surface area contributed by atoms with Gasteiger partial charge in [0.25, 0.3) is 5.91 Å². The molecule has 0 aliphatic rings. The van der Waals surface area contributed by atoms with Gasteiger partial charge in [-0.05, 0) is 30.3 Å². The summed E-state index contributed by atoms with van der Waals surface area (Å²) in [7, 11) is 1.68. The number of nitrogens with one attached hydrogen (secondary N) is 2. The summed E-state index contributed by atoms with van der Waals surface area (Å²) >= 11 is 0. The molecule has 98 valence electrons. The van der Waals surface area contributed by atoms with Gasteiger partial charge < -0.3 is 10.6 Å². The summed E-state index contributed by atoms with van der Waals surface area (Å²) in [5.41, 5.74) is 1.61. The normalized spacial score (nSPS) is 10.0. The molecule has 1 aromatic heterocycles. The van der Waals surface area contributed by atoms with Crippen LogP contribution >= 0.6 is 0 Å². The maximum absolute atomic E-state index is 13.2. The summed E-state index contributed by atoms with van der Waals surface area (Å²) in [5, 5.41) is 5.57. The van der Waals surface area contributed by atoms with E-state index in [4.69, 9.17) is 0 Å². The van der Waals surface area contributed by atoms with E-state index in [9.17, 15) is 9.18 Å². The molecule has 0 aliphatic heterocycles. The summed E-state index contributed by atoms with van der Waals surface area (Å²) < 4.78 is 13.2. The van der Waals surface area contributed by atoms with Crippen LogP contribution in [-0.2, 0) is 6.54 Å². The van der Waals surface area contributed by atoms with Crippen LogP contribution in [0.25, 0.3) is 0 Å². The van der Waals surface area contributed by atoms with Crippen molar-refractivity contribution in [1.82, 2.24) is 10.3 Å². The number of carbonyl (C=O) groups excluding carboxylic acids is 1. The van der Waals surface area contributed by atoms with Gasteiger partial charge in [0.1, 0.15) is 5.82 Å². The van der Waals surface area contributed by atoms with Crippen LogP contribution in [0.3, 0.4) is 0 Å². The zero-order chi connectivity index (χ0) is 13.7. The number of hydrogen-bond donors (Lipinski definition) is 2. The maximum Gasteiger partial charge on any atom is 0.253 e. The Labute approximate surface area is 110 Å². The molecule has 0 atom stereocenters. The van der Waals surface area contributed by atoms with Gasteiger partial charge >= 0.3 is 0 Å². The van der Waals surface area contributed by atoms with Gasteiger partial charge in [0.2, 0.25) is 0 Å². The Balaban J connectivity index is 2.10. The Hall–Kier alpha value is -2.43. The fourth-order valence-electron chi connectivity index (χ4n) is 1.69. The standard InChI is InChI=1S/C14H14FN3O/c1-16-13-6-5-10(15)8-12(13)14(19)18-9-11-4-2-3-7-17-11/h2-8,16H,9H2,1H3,(H,18,19). The van der Waals surface area contributed by atoms with Crippen LogP contribution in [0.4, 0.5) is 10.1 Å². The number of benzene rings is 1. The molecule has 19 heavy (non-hydrogen) atoms. The highest BCUT2D eigenvalue weighted by molar-refractivity contribution is 5.99. The first-order valence-corrected chi connectivity index (χ1v) is 5.86. The van der Waals surface area contributed by atoms with Crippen molar-refractivity contribution in [1.29, 1.82) is 0 Å². The molecule has 2 aromatic rings. The van der Waals surface area contributed by atoms with E-state index in [0.29, 0.717) is 12.2 Å². The predicted octanol–water partition coefficient (Wildman–Crippen LogP) is 2.19. The highest BCUT2D eigenvalue weighted by Crippen LogP contribution is 2.16. The van der Waals surface area contributed by atoms with Crippen molar-refractivity contribution in [2.45, 2.75) is 6.54 Å². The van der Waals surface area contributed by atoms with Crippen molar-refractivity contribution in [2.24, 2.45) is 0 Å². The van der Waals surface area contributed by atoms with Crippen LogP contribution in [-0.4, -0.2) is 17.9 Å². The topological polar surface area (TPSA) is 54.0 Å². The molecule has 4 nitrogen and oxygen atoms in total. The van der Waals surface area contributed by atoms with Gasteiger partial charge in [-0.1, -0.05) is 6.07 Å². The first-order chi connectivity index (χ1) is 9.20. The molecule has 1 aromatic carbocycles. The fraction of sp³-hybridized carbons (Fsp3) is 0.143. The summed E-state index contributed by atoms with van der Waals surface area (Å²) in [6.07, 6.45) is 1.66. The van der Waals surface area contributed by atoms with E-state index < -0.39 is 5.82 Å². The molecule has 2 N–H and O–H groups in total. The van der Waals surface area contributed by atoms with Crippen molar-refractivity contribution in [3.63, 3.8) is 0 Å².